The number of nitrogens with zero attached hydrogens (tertiary/aromatic N) is 1. The molecule has 4 heteroatoms. The van der Waals surface area contributed by atoms with Crippen LogP contribution in [0, 0.1) is 6.92 Å². The number of hydrogen-bond acceptors (Lipinski definition) is 3. The van der Waals surface area contributed by atoms with Crippen LogP contribution in [0.4, 0.5) is 0 Å². The second kappa shape index (κ2) is 4.90. The smallest absolute Gasteiger partial charge is 0.336 e. The van der Waals surface area contributed by atoms with Gasteiger partial charge in [0, 0.05) is 10.9 Å². The van der Waals surface area contributed by atoms with E-state index in [2.05, 4.69) is 4.98 Å². The van der Waals surface area contributed by atoms with Crippen molar-refractivity contribution < 1.29 is 15.0 Å². The first-order chi connectivity index (χ1) is 10.0. The summed E-state index contributed by atoms with van der Waals surface area (Å²) >= 11 is 0. The Labute approximate surface area is 121 Å². The molecule has 0 saturated heterocycles. The standard InChI is InChI=1S/C17H13NO3/c1-10-2-7-13-14(17(20)21)9-15(18-16(13)8-10)11-3-5-12(19)6-4-11/h2-9,19H,1H3,(H,20,21). The van der Waals surface area contributed by atoms with Crippen LogP contribution in [-0.2, 0) is 0 Å². The number of fused-ring (bicyclic) bond motifs is 1. The Bertz CT molecular complexity index is 839. The molecule has 0 aliphatic carbocycles. The minimum Gasteiger partial charge on any atom is -0.508 e. The zero-order valence-electron chi connectivity index (χ0n) is 11.4. The van der Waals surface area contributed by atoms with Crippen LogP contribution >= 0.6 is 0 Å². The number of aromatic hydroxyl groups is 1. The Morgan fingerprint density at radius 1 is 1.05 bits per heavy atom. The van der Waals surface area contributed by atoms with E-state index in [0.717, 1.165) is 11.1 Å². The lowest BCUT2D eigenvalue weighted by molar-refractivity contribution is 0.0699. The van der Waals surface area contributed by atoms with Crippen LogP contribution in [0.2, 0.25) is 0 Å². The molecule has 0 radical (unpaired) electrons. The third kappa shape index (κ3) is 2.43. The summed E-state index contributed by atoms with van der Waals surface area (Å²) in [5.41, 5.74) is 3.24. The quantitative estimate of drug-likeness (QED) is 0.751. The monoisotopic (exact) mass is 279 g/mol. The molecule has 0 saturated carbocycles. The van der Waals surface area contributed by atoms with Crippen LogP contribution in [0.5, 0.6) is 5.75 Å². The summed E-state index contributed by atoms with van der Waals surface area (Å²) in [5.74, 6) is -0.819. The van der Waals surface area contributed by atoms with Gasteiger partial charge in [-0.1, -0.05) is 12.1 Å². The van der Waals surface area contributed by atoms with Crippen LogP contribution in [0.3, 0.4) is 0 Å². The van der Waals surface area contributed by atoms with Gasteiger partial charge in [-0.25, -0.2) is 9.78 Å². The molecule has 1 aromatic heterocycles. The number of aryl methyl sites for hydroxylation is 1. The maximum atomic E-state index is 11.5. The van der Waals surface area contributed by atoms with Gasteiger partial charge in [-0.05, 0) is 48.9 Å². The summed E-state index contributed by atoms with van der Waals surface area (Å²) < 4.78 is 0. The topological polar surface area (TPSA) is 70.4 Å². The molecule has 0 fully saturated rings. The fourth-order valence-corrected chi connectivity index (χ4v) is 2.30. The van der Waals surface area contributed by atoms with E-state index in [9.17, 15) is 15.0 Å². The van der Waals surface area contributed by atoms with Crippen LogP contribution in [0.1, 0.15) is 15.9 Å². The Hall–Kier alpha value is -2.88. The zero-order chi connectivity index (χ0) is 15.0. The van der Waals surface area contributed by atoms with E-state index < -0.39 is 5.97 Å². The molecule has 2 N–H and O–H groups in total. The Kier molecular flexibility index (Phi) is 3.06. The van der Waals surface area contributed by atoms with Crippen molar-refractivity contribution in [3.8, 4) is 17.0 Å². The molecule has 3 aromatic rings. The van der Waals surface area contributed by atoms with Crippen molar-refractivity contribution >= 4 is 16.9 Å². The number of carboxylic acid groups (broad SMARTS) is 1. The van der Waals surface area contributed by atoms with Crippen LogP contribution in [-0.4, -0.2) is 21.2 Å². The molecule has 0 spiro atoms. The number of pyridine rings is 1. The Balaban J connectivity index is 2.29. The average molecular weight is 279 g/mol. The minimum atomic E-state index is -0.980. The zero-order valence-corrected chi connectivity index (χ0v) is 11.4. The summed E-state index contributed by atoms with van der Waals surface area (Å²) in [6, 6.07) is 13.6. The number of hydrogen-bond donors (Lipinski definition) is 2. The van der Waals surface area contributed by atoms with Gasteiger partial charge in [-0.2, -0.15) is 0 Å². The molecule has 4 nitrogen and oxygen atoms in total. The lowest BCUT2D eigenvalue weighted by Crippen LogP contribution is -2.00. The summed E-state index contributed by atoms with van der Waals surface area (Å²) in [6.45, 7) is 1.94. The van der Waals surface area contributed by atoms with Crippen molar-refractivity contribution in [2.75, 3.05) is 0 Å². The first-order valence-electron chi connectivity index (χ1n) is 6.49. The van der Waals surface area contributed by atoms with Crippen molar-refractivity contribution in [2.45, 2.75) is 6.92 Å². The van der Waals surface area contributed by atoms with Crippen LogP contribution < -0.4 is 0 Å². The fraction of sp³-hybridized carbons (Fsp3) is 0.0588. The summed E-state index contributed by atoms with van der Waals surface area (Å²) in [5, 5.41) is 19.4. The molecule has 2 aromatic carbocycles. The lowest BCUT2D eigenvalue weighted by atomic mass is 10.0. The molecule has 0 unspecified atom stereocenters. The summed E-state index contributed by atoms with van der Waals surface area (Å²) in [7, 11) is 0. The first kappa shape index (κ1) is 13.1. The average Bonchev–Trinajstić information content (AvgIpc) is 2.46. The summed E-state index contributed by atoms with van der Waals surface area (Å²) in [4.78, 5) is 16.0. The third-order valence-corrected chi connectivity index (χ3v) is 3.36. The van der Waals surface area contributed by atoms with E-state index in [1.165, 1.54) is 0 Å². The predicted molar refractivity (Wildman–Crippen MR) is 80.5 cm³/mol. The van der Waals surface area contributed by atoms with E-state index in [-0.39, 0.29) is 11.3 Å². The van der Waals surface area contributed by atoms with Gasteiger partial charge in [-0.3, -0.25) is 0 Å². The minimum absolute atomic E-state index is 0.161. The molecule has 0 bridgehead atoms. The van der Waals surface area contributed by atoms with Gasteiger partial charge in [0.15, 0.2) is 0 Å². The molecule has 104 valence electrons. The molecule has 21 heavy (non-hydrogen) atoms. The van der Waals surface area contributed by atoms with Gasteiger partial charge in [0.05, 0.1) is 16.8 Å². The number of aromatic nitrogens is 1. The molecule has 0 aliphatic heterocycles. The second-order valence-electron chi connectivity index (χ2n) is 4.93. The molecule has 0 amide bonds. The molecule has 3 rings (SSSR count). The van der Waals surface area contributed by atoms with Gasteiger partial charge in [0.2, 0.25) is 0 Å². The van der Waals surface area contributed by atoms with Crippen molar-refractivity contribution in [1.29, 1.82) is 0 Å². The lowest BCUT2D eigenvalue weighted by Gasteiger charge is -2.08. The normalized spacial score (nSPS) is 10.7. The molecular formula is C17H13NO3. The van der Waals surface area contributed by atoms with Gasteiger partial charge in [0.1, 0.15) is 5.75 Å². The number of phenols is 1. The SMILES string of the molecule is Cc1ccc2c(C(=O)O)cc(-c3ccc(O)cc3)nc2c1. The van der Waals surface area contributed by atoms with Crippen molar-refractivity contribution in [1.82, 2.24) is 4.98 Å². The highest BCUT2D eigenvalue weighted by atomic mass is 16.4. The predicted octanol–water partition coefficient (Wildman–Crippen LogP) is 3.61. The highest BCUT2D eigenvalue weighted by Gasteiger charge is 2.13. The maximum absolute atomic E-state index is 11.5. The summed E-state index contributed by atoms with van der Waals surface area (Å²) in [6.07, 6.45) is 0. The van der Waals surface area contributed by atoms with E-state index in [1.807, 2.05) is 19.1 Å². The number of rotatable bonds is 2. The van der Waals surface area contributed by atoms with E-state index in [4.69, 9.17) is 0 Å². The van der Waals surface area contributed by atoms with E-state index in [0.29, 0.717) is 16.6 Å². The number of benzene rings is 2. The van der Waals surface area contributed by atoms with E-state index >= 15 is 0 Å². The van der Waals surface area contributed by atoms with Crippen molar-refractivity contribution in [3.63, 3.8) is 0 Å². The molecule has 0 aliphatic rings. The van der Waals surface area contributed by atoms with Gasteiger partial charge in [-0.15, -0.1) is 0 Å². The second-order valence-corrected chi connectivity index (χ2v) is 4.93. The van der Waals surface area contributed by atoms with Crippen LogP contribution in [0.25, 0.3) is 22.2 Å². The number of carbonyl (C=O) groups is 1. The number of carboxylic acids is 1. The van der Waals surface area contributed by atoms with Crippen LogP contribution in [0.15, 0.2) is 48.5 Å². The molecule has 0 atom stereocenters. The highest BCUT2D eigenvalue weighted by Crippen LogP contribution is 2.26. The first-order valence-corrected chi connectivity index (χ1v) is 6.49. The van der Waals surface area contributed by atoms with Crippen molar-refractivity contribution in [3.05, 3.63) is 59.7 Å². The fourth-order valence-electron chi connectivity index (χ4n) is 2.30. The largest absolute Gasteiger partial charge is 0.508 e. The number of phenolic OH excluding ortho intramolecular Hbond substituents is 1. The Morgan fingerprint density at radius 2 is 1.76 bits per heavy atom. The van der Waals surface area contributed by atoms with E-state index in [1.54, 1.807) is 36.4 Å². The maximum Gasteiger partial charge on any atom is 0.336 e. The Morgan fingerprint density at radius 3 is 2.43 bits per heavy atom. The van der Waals surface area contributed by atoms with Gasteiger partial charge >= 0.3 is 5.97 Å². The van der Waals surface area contributed by atoms with Crippen molar-refractivity contribution in [2.24, 2.45) is 0 Å². The molecule has 1 heterocycles. The van der Waals surface area contributed by atoms with Gasteiger partial charge < -0.3 is 10.2 Å². The number of aromatic carboxylic acids is 1. The third-order valence-electron chi connectivity index (χ3n) is 3.36. The van der Waals surface area contributed by atoms with Gasteiger partial charge in [0.25, 0.3) is 0 Å². The highest BCUT2D eigenvalue weighted by molar-refractivity contribution is 6.03. The molecular weight excluding hydrogens is 266 g/mol.